The first-order valence-electron chi connectivity index (χ1n) is 3.52. The quantitative estimate of drug-likeness (QED) is 0.608. The fraction of sp³-hybridized carbons (Fsp3) is 0.250. The number of alkyl halides is 1. The van der Waals surface area contributed by atoms with E-state index in [0.717, 1.165) is 12.1 Å². The molecule has 0 saturated heterocycles. The standard InChI is InChI=1S/C8H8ClF2NO/c1-13-8-3-5(10)7(12-4-9)2-6(8)11/h2-3,12H,4H2,1H3. The van der Waals surface area contributed by atoms with Gasteiger partial charge in [0.25, 0.3) is 0 Å². The normalized spacial score (nSPS) is 9.85. The molecular formula is C8H8ClF2NO. The predicted molar refractivity (Wildman–Crippen MR) is 47.3 cm³/mol. The lowest BCUT2D eigenvalue weighted by molar-refractivity contribution is 0.383. The predicted octanol–water partition coefficient (Wildman–Crippen LogP) is 2.58. The van der Waals surface area contributed by atoms with Crippen molar-refractivity contribution in [2.45, 2.75) is 0 Å². The van der Waals surface area contributed by atoms with E-state index in [2.05, 4.69) is 10.1 Å². The van der Waals surface area contributed by atoms with Crippen molar-refractivity contribution in [3.63, 3.8) is 0 Å². The average molecular weight is 208 g/mol. The van der Waals surface area contributed by atoms with Crippen LogP contribution in [0.1, 0.15) is 0 Å². The molecule has 0 unspecified atom stereocenters. The van der Waals surface area contributed by atoms with Crippen LogP contribution in [0.4, 0.5) is 14.5 Å². The third-order valence-corrected chi connectivity index (χ3v) is 1.63. The molecule has 0 aliphatic heterocycles. The van der Waals surface area contributed by atoms with Crippen molar-refractivity contribution in [2.24, 2.45) is 0 Å². The molecule has 0 aromatic heterocycles. The summed E-state index contributed by atoms with van der Waals surface area (Å²) in [4.78, 5) is 0. The summed E-state index contributed by atoms with van der Waals surface area (Å²) in [5.41, 5.74) is 0.0216. The molecule has 0 aliphatic carbocycles. The van der Waals surface area contributed by atoms with Crippen LogP contribution in [-0.2, 0) is 0 Å². The van der Waals surface area contributed by atoms with E-state index < -0.39 is 11.6 Å². The van der Waals surface area contributed by atoms with Gasteiger partial charge in [-0.15, -0.1) is 11.6 Å². The number of methoxy groups -OCH3 is 1. The van der Waals surface area contributed by atoms with Gasteiger partial charge in [0.05, 0.1) is 18.8 Å². The first-order chi connectivity index (χ1) is 6.19. The zero-order chi connectivity index (χ0) is 9.84. The van der Waals surface area contributed by atoms with Crippen molar-refractivity contribution in [1.82, 2.24) is 0 Å². The molecule has 72 valence electrons. The van der Waals surface area contributed by atoms with Gasteiger partial charge in [-0.1, -0.05) is 0 Å². The summed E-state index contributed by atoms with van der Waals surface area (Å²) in [6, 6.07) is 1.98. The van der Waals surface area contributed by atoms with Crippen molar-refractivity contribution in [1.29, 1.82) is 0 Å². The van der Waals surface area contributed by atoms with Crippen molar-refractivity contribution in [2.75, 3.05) is 18.4 Å². The summed E-state index contributed by atoms with van der Waals surface area (Å²) in [7, 11) is 1.27. The molecule has 0 fully saturated rings. The minimum atomic E-state index is -0.628. The summed E-state index contributed by atoms with van der Waals surface area (Å²) < 4.78 is 30.6. The Hall–Kier alpha value is -1.03. The lowest BCUT2D eigenvalue weighted by Crippen LogP contribution is -1.99. The molecule has 0 radical (unpaired) electrons. The van der Waals surface area contributed by atoms with Gasteiger partial charge in [-0.25, -0.2) is 8.78 Å². The Morgan fingerprint density at radius 3 is 2.62 bits per heavy atom. The van der Waals surface area contributed by atoms with E-state index in [-0.39, 0.29) is 17.4 Å². The summed E-state index contributed by atoms with van der Waals surface area (Å²) in [5, 5.41) is 2.46. The van der Waals surface area contributed by atoms with Gasteiger partial charge in [0.15, 0.2) is 11.6 Å². The smallest absolute Gasteiger partial charge is 0.167 e. The summed E-state index contributed by atoms with van der Waals surface area (Å²) >= 11 is 5.30. The van der Waals surface area contributed by atoms with Crippen LogP contribution in [0.3, 0.4) is 0 Å². The zero-order valence-corrected chi connectivity index (χ0v) is 7.66. The van der Waals surface area contributed by atoms with E-state index >= 15 is 0 Å². The highest BCUT2D eigenvalue weighted by molar-refractivity contribution is 6.18. The molecule has 0 saturated carbocycles. The second-order valence-electron chi connectivity index (χ2n) is 2.28. The number of benzene rings is 1. The van der Waals surface area contributed by atoms with Crippen LogP contribution in [0.25, 0.3) is 0 Å². The number of hydrogen-bond donors (Lipinski definition) is 1. The molecule has 0 bridgehead atoms. The number of ether oxygens (including phenoxy) is 1. The summed E-state index contributed by atoms with van der Waals surface area (Å²) in [5.74, 6) is -1.35. The monoisotopic (exact) mass is 207 g/mol. The molecule has 1 N–H and O–H groups in total. The van der Waals surface area contributed by atoms with Crippen LogP contribution >= 0.6 is 11.6 Å². The Balaban J connectivity index is 3.05. The van der Waals surface area contributed by atoms with Crippen LogP contribution in [0, 0.1) is 11.6 Å². The Bertz CT molecular complexity index is 306. The van der Waals surface area contributed by atoms with Crippen molar-refractivity contribution < 1.29 is 13.5 Å². The molecular weight excluding hydrogens is 200 g/mol. The maximum absolute atomic E-state index is 13.0. The number of anilines is 1. The van der Waals surface area contributed by atoms with Crippen molar-refractivity contribution >= 4 is 17.3 Å². The van der Waals surface area contributed by atoms with Crippen molar-refractivity contribution in [3.8, 4) is 5.75 Å². The molecule has 13 heavy (non-hydrogen) atoms. The SMILES string of the molecule is COc1cc(F)c(NCCl)cc1F. The van der Waals surface area contributed by atoms with E-state index in [1.807, 2.05) is 0 Å². The Morgan fingerprint density at radius 1 is 1.38 bits per heavy atom. The van der Waals surface area contributed by atoms with Crippen LogP contribution in [0.2, 0.25) is 0 Å². The Morgan fingerprint density at radius 2 is 2.08 bits per heavy atom. The highest BCUT2D eigenvalue weighted by Gasteiger charge is 2.09. The van der Waals surface area contributed by atoms with E-state index in [1.54, 1.807) is 0 Å². The second kappa shape index (κ2) is 4.28. The molecule has 2 nitrogen and oxygen atoms in total. The van der Waals surface area contributed by atoms with E-state index in [4.69, 9.17) is 11.6 Å². The van der Waals surface area contributed by atoms with Gasteiger partial charge in [-0.05, 0) is 0 Å². The first kappa shape index (κ1) is 10.1. The molecule has 1 aromatic carbocycles. The van der Waals surface area contributed by atoms with Crippen LogP contribution in [0.15, 0.2) is 12.1 Å². The summed E-state index contributed by atoms with van der Waals surface area (Å²) in [6.07, 6.45) is 0. The number of hydrogen-bond acceptors (Lipinski definition) is 2. The van der Waals surface area contributed by atoms with Gasteiger partial charge in [0, 0.05) is 12.1 Å². The molecule has 1 rings (SSSR count). The van der Waals surface area contributed by atoms with Gasteiger partial charge < -0.3 is 10.1 Å². The van der Waals surface area contributed by atoms with Crippen LogP contribution in [-0.4, -0.2) is 13.1 Å². The van der Waals surface area contributed by atoms with Gasteiger partial charge in [0.2, 0.25) is 0 Å². The maximum atomic E-state index is 13.0. The molecule has 0 atom stereocenters. The fourth-order valence-electron chi connectivity index (χ4n) is 0.892. The number of nitrogens with one attached hydrogen (secondary N) is 1. The number of halogens is 3. The maximum Gasteiger partial charge on any atom is 0.167 e. The van der Waals surface area contributed by atoms with Crippen LogP contribution in [0.5, 0.6) is 5.75 Å². The van der Waals surface area contributed by atoms with Gasteiger partial charge in [-0.2, -0.15) is 0 Å². The van der Waals surface area contributed by atoms with Crippen molar-refractivity contribution in [3.05, 3.63) is 23.8 Å². The first-order valence-corrected chi connectivity index (χ1v) is 4.05. The third kappa shape index (κ3) is 2.21. The number of rotatable bonds is 3. The highest BCUT2D eigenvalue weighted by atomic mass is 35.5. The zero-order valence-electron chi connectivity index (χ0n) is 6.90. The molecule has 0 aliphatic rings. The molecule has 0 spiro atoms. The molecule has 1 aromatic rings. The lowest BCUT2D eigenvalue weighted by atomic mass is 10.3. The second-order valence-corrected chi connectivity index (χ2v) is 2.54. The minimum absolute atomic E-state index is 0.0166. The third-order valence-electron chi connectivity index (χ3n) is 1.50. The average Bonchev–Trinajstić information content (AvgIpc) is 2.11. The molecule has 5 heteroatoms. The van der Waals surface area contributed by atoms with E-state index in [1.165, 1.54) is 7.11 Å². The fourth-order valence-corrected chi connectivity index (χ4v) is 1.04. The Labute approximate surface area is 79.5 Å². The van der Waals surface area contributed by atoms with Gasteiger partial charge >= 0.3 is 0 Å². The van der Waals surface area contributed by atoms with Gasteiger partial charge in [-0.3, -0.25) is 0 Å². The van der Waals surface area contributed by atoms with Crippen LogP contribution < -0.4 is 10.1 Å². The molecule has 0 heterocycles. The molecule has 0 amide bonds. The van der Waals surface area contributed by atoms with E-state index in [0.29, 0.717) is 0 Å². The van der Waals surface area contributed by atoms with Gasteiger partial charge in [0.1, 0.15) is 5.82 Å². The largest absolute Gasteiger partial charge is 0.494 e. The lowest BCUT2D eigenvalue weighted by Gasteiger charge is -2.06. The topological polar surface area (TPSA) is 21.3 Å². The Kier molecular flexibility index (Phi) is 3.31. The summed E-state index contributed by atoms with van der Waals surface area (Å²) in [6.45, 7) is 0. The highest BCUT2D eigenvalue weighted by Crippen LogP contribution is 2.24. The minimum Gasteiger partial charge on any atom is -0.494 e. The van der Waals surface area contributed by atoms with E-state index in [9.17, 15) is 8.78 Å².